The fourth-order valence-electron chi connectivity index (χ4n) is 2.46. The number of nitrogens with zero attached hydrogens (tertiary/aromatic N) is 1. The zero-order valence-electron chi connectivity index (χ0n) is 10.8. The van der Waals surface area contributed by atoms with Crippen LogP contribution in [-0.4, -0.2) is 35.2 Å². The minimum atomic E-state index is -4.77. The molecule has 116 valence electrons. The van der Waals surface area contributed by atoms with Gasteiger partial charge in [-0.15, -0.1) is 0 Å². The highest BCUT2D eigenvalue weighted by Crippen LogP contribution is 2.46. The zero-order valence-corrected chi connectivity index (χ0v) is 13.1. The molecule has 1 aliphatic heterocycles. The number of aliphatic carboxylic acids is 1. The fourth-order valence-corrected chi connectivity index (χ4v) is 3.04. The van der Waals surface area contributed by atoms with Crippen LogP contribution in [0.3, 0.4) is 0 Å². The number of hydrogen-bond acceptors (Lipinski definition) is 2. The molecule has 0 spiro atoms. The van der Waals surface area contributed by atoms with E-state index in [1.807, 2.05) is 0 Å². The molecule has 21 heavy (non-hydrogen) atoms. The first kappa shape index (κ1) is 16.6. The lowest BCUT2D eigenvalue weighted by atomic mass is 9.86. The van der Waals surface area contributed by atoms with Crippen molar-refractivity contribution in [1.82, 2.24) is 4.90 Å². The topological polar surface area (TPSA) is 40.5 Å². The van der Waals surface area contributed by atoms with Gasteiger partial charge in [-0.2, -0.15) is 13.2 Å². The zero-order chi connectivity index (χ0) is 15.8. The highest BCUT2D eigenvalue weighted by Gasteiger charge is 2.63. The Labute approximate surface area is 132 Å². The Hall–Kier alpha value is -0.790. The van der Waals surface area contributed by atoms with Gasteiger partial charge in [0, 0.05) is 29.1 Å². The lowest BCUT2D eigenvalue weighted by molar-refractivity contribution is -0.227. The van der Waals surface area contributed by atoms with Crippen molar-refractivity contribution in [3.63, 3.8) is 0 Å². The van der Waals surface area contributed by atoms with Crippen LogP contribution in [-0.2, 0) is 11.3 Å². The minimum absolute atomic E-state index is 0.0641. The lowest BCUT2D eigenvalue weighted by Crippen LogP contribution is -2.47. The Balaban J connectivity index is 2.19. The number of carboxylic acid groups (broad SMARTS) is 1. The molecule has 1 aliphatic rings. The Bertz CT molecular complexity index is 567. The van der Waals surface area contributed by atoms with Gasteiger partial charge in [-0.3, -0.25) is 9.69 Å². The maximum Gasteiger partial charge on any atom is 0.406 e. The molecule has 1 aromatic carbocycles. The third-order valence-electron chi connectivity index (χ3n) is 3.70. The molecule has 2 rings (SSSR count). The van der Waals surface area contributed by atoms with Gasteiger partial charge in [0.25, 0.3) is 0 Å². The second-order valence-electron chi connectivity index (χ2n) is 5.08. The predicted octanol–water partition coefficient (Wildman–Crippen LogP) is 3.94. The van der Waals surface area contributed by atoms with Gasteiger partial charge in [0.05, 0.1) is 0 Å². The number of rotatable bonds is 3. The van der Waals surface area contributed by atoms with Gasteiger partial charge in [-0.05, 0) is 30.2 Å². The molecule has 0 amide bonds. The minimum Gasteiger partial charge on any atom is -0.481 e. The molecule has 8 heteroatoms. The molecule has 1 saturated heterocycles. The second kappa shape index (κ2) is 5.78. The third-order valence-corrected chi connectivity index (χ3v) is 4.56. The van der Waals surface area contributed by atoms with Gasteiger partial charge in [0.2, 0.25) is 0 Å². The van der Waals surface area contributed by atoms with Crippen molar-refractivity contribution >= 4 is 33.5 Å². The van der Waals surface area contributed by atoms with Crippen LogP contribution in [0.15, 0.2) is 22.7 Å². The molecular weight excluding hydrogens is 374 g/mol. The molecule has 1 heterocycles. The summed E-state index contributed by atoms with van der Waals surface area (Å²) in [6.07, 6.45) is -5.22. The molecular formula is C13H12BrClF3NO2. The van der Waals surface area contributed by atoms with E-state index in [9.17, 15) is 18.0 Å². The molecule has 1 fully saturated rings. The first-order valence-electron chi connectivity index (χ1n) is 6.12. The summed E-state index contributed by atoms with van der Waals surface area (Å²) in [5, 5.41) is 9.44. The quantitative estimate of drug-likeness (QED) is 0.855. The van der Waals surface area contributed by atoms with Crippen molar-refractivity contribution in [2.24, 2.45) is 5.41 Å². The van der Waals surface area contributed by atoms with Gasteiger partial charge in [0.15, 0.2) is 5.41 Å². The normalized spacial score (nSPS) is 23.5. The summed E-state index contributed by atoms with van der Waals surface area (Å²) < 4.78 is 40.0. The standard InChI is InChI=1S/C13H12BrClF3NO2/c14-9-1-2-10(15)8(5-9)6-19-4-3-12(7-19,11(20)21)13(16,17)18/h1-2,5H,3-4,6-7H2,(H,20,21). The number of hydrogen-bond donors (Lipinski definition) is 1. The van der Waals surface area contributed by atoms with Crippen LogP contribution in [0.25, 0.3) is 0 Å². The summed E-state index contributed by atoms with van der Waals surface area (Å²) >= 11 is 9.28. The average Bonchev–Trinajstić information content (AvgIpc) is 2.79. The van der Waals surface area contributed by atoms with Gasteiger partial charge >= 0.3 is 12.1 Å². The summed E-state index contributed by atoms with van der Waals surface area (Å²) in [7, 11) is 0. The molecule has 0 aliphatic carbocycles. The third kappa shape index (κ3) is 3.19. The maximum absolute atomic E-state index is 13.1. The average molecular weight is 387 g/mol. The van der Waals surface area contributed by atoms with Gasteiger partial charge in [-0.25, -0.2) is 0 Å². The Morgan fingerprint density at radius 3 is 2.67 bits per heavy atom. The Morgan fingerprint density at radius 2 is 2.14 bits per heavy atom. The van der Waals surface area contributed by atoms with Crippen LogP contribution < -0.4 is 0 Å². The number of alkyl halides is 3. The lowest BCUT2D eigenvalue weighted by Gasteiger charge is -2.27. The highest BCUT2D eigenvalue weighted by molar-refractivity contribution is 9.10. The van der Waals surface area contributed by atoms with E-state index >= 15 is 0 Å². The van der Waals surface area contributed by atoms with Crippen molar-refractivity contribution in [2.45, 2.75) is 19.1 Å². The summed E-state index contributed by atoms with van der Waals surface area (Å²) in [6, 6.07) is 5.09. The van der Waals surface area contributed by atoms with E-state index in [1.54, 1.807) is 18.2 Å². The van der Waals surface area contributed by atoms with Crippen LogP contribution >= 0.6 is 27.5 Å². The molecule has 3 nitrogen and oxygen atoms in total. The second-order valence-corrected chi connectivity index (χ2v) is 6.40. The molecule has 0 radical (unpaired) electrons. The van der Waals surface area contributed by atoms with E-state index in [0.29, 0.717) is 10.6 Å². The van der Waals surface area contributed by atoms with E-state index in [-0.39, 0.29) is 13.1 Å². The first-order chi connectivity index (χ1) is 9.65. The van der Waals surface area contributed by atoms with Crippen LogP contribution in [0.1, 0.15) is 12.0 Å². The number of carboxylic acids is 1. The molecule has 1 N–H and O–H groups in total. The Kier molecular flexibility index (Phi) is 4.56. The van der Waals surface area contributed by atoms with Gasteiger partial charge in [-0.1, -0.05) is 27.5 Å². The summed E-state index contributed by atoms with van der Waals surface area (Å²) in [5.74, 6) is -1.82. The fraction of sp³-hybridized carbons (Fsp3) is 0.462. The van der Waals surface area contributed by atoms with Crippen molar-refractivity contribution < 1.29 is 23.1 Å². The SMILES string of the molecule is O=C(O)C1(C(F)(F)F)CCN(Cc2cc(Br)ccc2Cl)C1. The van der Waals surface area contributed by atoms with Gasteiger partial charge in [0.1, 0.15) is 0 Å². The molecule has 1 unspecified atom stereocenters. The van der Waals surface area contributed by atoms with E-state index < -0.39 is 30.5 Å². The number of carbonyl (C=O) groups is 1. The Morgan fingerprint density at radius 1 is 1.48 bits per heavy atom. The van der Waals surface area contributed by atoms with Gasteiger partial charge < -0.3 is 5.11 Å². The summed E-state index contributed by atoms with van der Waals surface area (Å²) in [6.45, 7) is -0.313. The molecule has 1 atom stereocenters. The van der Waals surface area contributed by atoms with Crippen LogP contribution in [0, 0.1) is 5.41 Å². The summed E-state index contributed by atoms with van der Waals surface area (Å²) in [5.41, 5.74) is -2.03. The molecule has 0 saturated carbocycles. The van der Waals surface area contributed by atoms with E-state index in [2.05, 4.69) is 15.9 Å². The predicted molar refractivity (Wildman–Crippen MR) is 75.2 cm³/mol. The van der Waals surface area contributed by atoms with E-state index in [1.165, 1.54) is 4.90 Å². The van der Waals surface area contributed by atoms with Crippen LogP contribution in [0.2, 0.25) is 5.02 Å². The van der Waals surface area contributed by atoms with Crippen LogP contribution in [0.4, 0.5) is 13.2 Å². The highest BCUT2D eigenvalue weighted by atomic mass is 79.9. The largest absolute Gasteiger partial charge is 0.481 e. The van der Waals surface area contributed by atoms with Crippen molar-refractivity contribution in [1.29, 1.82) is 0 Å². The first-order valence-corrected chi connectivity index (χ1v) is 7.29. The maximum atomic E-state index is 13.1. The smallest absolute Gasteiger partial charge is 0.406 e. The molecule has 1 aromatic rings. The number of halogens is 5. The van der Waals surface area contributed by atoms with Crippen LogP contribution in [0.5, 0.6) is 0 Å². The molecule has 0 aromatic heterocycles. The monoisotopic (exact) mass is 385 g/mol. The number of benzene rings is 1. The van der Waals surface area contributed by atoms with E-state index in [0.717, 1.165) is 4.47 Å². The number of likely N-dealkylation sites (tertiary alicyclic amines) is 1. The van der Waals surface area contributed by atoms with Crippen molar-refractivity contribution in [3.8, 4) is 0 Å². The van der Waals surface area contributed by atoms with Crippen molar-refractivity contribution in [3.05, 3.63) is 33.3 Å². The summed E-state index contributed by atoms with van der Waals surface area (Å²) in [4.78, 5) is 12.6. The van der Waals surface area contributed by atoms with E-state index in [4.69, 9.17) is 16.7 Å². The molecule has 0 bridgehead atoms. The van der Waals surface area contributed by atoms with Crippen molar-refractivity contribution in [2.75, 3.05) is 13.1 Å².